The molecule has 150 valence electrons. The maximum atomic E-state index is 12.2. The van der Waals surface area contributed by atoms with Gasteiger partial charge in [-0.3, -0.25) is 19.1 Å². The highest BCUT2D eigenvalue weighted by atomic mass is 16.5. The Morgan fingerprint density at radius 3 is 2.36 bits per heavy atom. The highest BCUT2D eigenvalue weighted by Crippen LogP contribution is 2.24. The molecule has 1 aromatic carbocycles. The highest BCUT2D eigenvalue weighted by molar-refractivity contribution is 5.94. The molecule has 28 heavy (non-hydrogen) atoms. The minimum atomic E-state index is -0.684. The quantitative estimate of drug-likeness (QED) is 0.523. The molecule has 2 rings (SSSR count). The number of esters is 2. The van der Waals surface area contributed by atoms with Crippen LogP contribution in [0.25, 0.3) is 11.3 Å². The van der Waals surface area contributed by atoms with Gasteiger partial charge < -0.3 is 14.8 Å². The summed E-state index contributed by atoms with van der Waals surface area (Å²) in [6, 6.07) is 10.7. The third kappa shape index (κ3) is 5.94. The summed E-state index contributed by atoms with van der Waals surface area (Å²) in [5.74, 6) is -1.61. The van der Waals surface area contributed by atoms with Crippen molar-refractivity contribution in [3.05, 3.63) is 42.1 Å². The molecular formula is C20H25N3O5. The van der Waals surface area contributed by atoms with Crippen LogP contribution >= 0.6 is 0 Å². The molecule has 0 fully saturated rings. The fourth-order valence-corrected chi connectivity index (χ4v) is 2.76. The maximum absolute atomic E-state index is 12.2. The molecule has 0 aliphatic carbocycles. The summed E-state index contributed by atoms with van der Waals surface area (Å²) in [4.78, 5) is 35.8. The standard InChI is InChI=1S/C20H25N3O5/c1-4-27-19(25)12-16(21-18(24)13-20(26)28-5-2)17-11-15(22-23(17)3)14-9-7-6-8-10-14/h6-11,16H,4-5,12-13H2,1-3H3,(H,21,24). The van der Waals surface area contributed by atoms with Gasteiger partial charge in [0, 0.05) is 12.6 Å². The third-order valence-corrected chi connectivity index (χ3v) is 3.96. The molecule has 1 N–H and O–H groups in total. The zero-order chi connectivity index (χ0) is 20.5. The van der Waals surface area contributed by atoms with Crippen LogP contribution in [0.15, 0.2) is 36.4 Å². The van der Waals surface area contributed by atoms with Crippen molar-refractivity contribution < 1.29 is 23.9 Å². The van der Waals surface area contributed by atoms with Crippen molar-refractivity contribution in [2.45, 2.75) is 32.7 Å². The fraction of sp³-hybridized carbons (Fsp3) is 0.400. The molecule has 1 aromatic heterocycles. The smallest absolute Gasteiger partial charge is 0.315 e. The molecule has 1 heterocycles. The SMILES string of the molecule is CCOC(=O)CC(=O)NC(CC(=O)OCC)c1cc(-c2ccccc2)nn1C. The Kier molecular flexibility index (Phi) is 7.74. The molecule has 8 heteroatoms. The summed E-state index contributed by atoms with van der Waals surface area (Å²) >= 11 is 0. The van der Waals surface area contributed by atoms with Crippen molar-refractivity contribution in [3.63, 3.8) is 0 Å². The Labute approximate surface area is 163 Å². The van der Waals surface area contributed by atoms with Crippen LogP contribution in [-0.4, -0.2) is 40.8 Å². The first kappa shape index (κ1) is 21.1. The topological polar surface area (TPSA) is 99.5 Å². The monoisotopic (exact) mass is 387 g/mol. The van der Waals surface area contributed by atoms with Crippen LogP contribution in [0.3, 0.4) is 0 Å². The van der Waals surface area contributed by atoms with Gasteiger partial charge in [-0.15, -0.1) is 0 Å². The van der Waals surface area contributed by atoms with Gasteiger partial charge >= 0.3 is 11.9 Å². The van der Waals surface area contributed by atoms with E-state index in [1.165, 1.54) is 0 Å². The van der Waals surface area contributed by atoms with Crippen molar-refractivity contribution >= 4 is 17.8 Å². The van der Waals surface area contributed by atoms with Gasteiger partial charge in [-0.25, -0.2) is 0 Å². The van der Waals surface area contributed by atoms with Gasteiger partial charge in [0.2, 0.25) is 5.91 Å². The lowest BCUT2D eigenvalue weighted by Gasteiger charge is -2.18. The van der Waals surface area contributed by atoms with Crippen molar-refractivity contribution in [2.24, 2.45) is 7.05 Å². The summed E-state index contributed by atoms with van der Waals surface area (Å²) in [5, 5.41) is 7.19. The number of ether oxygens (including phenoxy) is 2. The van der Waals surface area contributed by atoms with E-state index in [9.17, 15) is 14.4 Å². The minimum absolute atomic E-state index is 0.0732. The maximum Gasteiger partial charge on any atom is 0.315 e. The average molecular weight is 387 g/mol. The number of carbonyl (C=O) groups is 3. The predicted octanol–water partition coefficient (Wildman–Crippen LogP) is 2.15. The summed E-state index contributed by atoms with van der Waals surface area (Å²) < 4.78 is 11.4. The van der Waals surface area contributed by atoms with Crippen LogP contribution in [0.4, 0.5) is 0 Å². The van der Waals surface area contributed by atoms with Crippen molar-refractivity contribution in [1.82, 2.24) is 15.1 Å². The van der Waals surface area contributed by atoms with Crippen LogP contribution in [-0.2, 0) is 30.9 Å². The Bertz CT molecular complexity index is 817. The van der Waals surface area contributed by atoms with Crippen molar-refractivity contribution in [2.75, 3.05) is 13.2 Å². The number of aryl methyl sites for hydroxylation is 1. The zero-order valence-corrected chi connectivity index (χ0v) is 16.3. The Balaban J connectivity index is 2.23. The number of hydrogen-bond donors (Lipinski definition) is 1. The van der Waals surface area contributed by atoms with E-state index in [2.05, 4.69) is 10.4 Å². The molecule has 0 saturated carbocycles. The summed E-state index contributed by atoms with van der Waals surface area (Å²) in [7, 11) is 1.73. The van der Waals surface area contributed by atoms with E-state index in [-0.39, 0.29) is 19.6 Å². The molecule has 8 nitrogen and oxygen atoms in total. The van der Waals surface area contributed by atoms with Crippen LogP contribution < -0.4 is 5.32 Å². The van der Waals surface area contributed by atoms with E-state index < -0.39 is 30.3 Å². The molecule has 0 aliphatic rings. The number of amides is 1. The first-order chi connectivity index (χ1) is 13.4. The molecule has 1 atom stereocenters. The largest absolute Gasteiger partial charge is 0.466 e. The van der Waals surface area contributed by atoms with Crippen LogP contribution in [0.5, 0.6) is 0 Å². The number of nitrogens with zero attached hydrogens (tertiary/aromatic N) is 2. The molecule has 0 aliphatic heterocycles. The Hall–Kier alpha value is -3.16. The normalized spacial score (nSPS) is 11.5. The molecule has 1 amide bonds. The molecule has 0 radical (unpaired) electrons. The summed E-state index contributed by atoms with van der Waals surface area (Å²) in [6.07, 6.45) is -0.493. The van der Waals surface area contributed by atoms with Gasteiger partial charge in [-0.1, -0.05) is 30.3 Å². The van der Waals surface area contributed by atoms with E-state index in [1.54, 1.807) is 25.6 Å². The minimum Gasteiger partial charge on any atom is -0.466 e. The van der Waals surface area contributed by atoms with Gasteiger partial charge in [0.15, 0.2) is 0 Å². The zero-order valence-electron chi connectivity index (χ0n) is 16.3. The van der Waals surface area contributed by atoms with Crippen molar-refractivity contribution in [3.8, 4) is 11.3 Å². The van der Waals surface area contributed by atoms with E-state index in [0.717, 1.165) is 5.56 Å². The number of rotatable bonds is 9. The lowest BCUT2D eigenvalue weighted by molar-refractivity contribution is -0.146. The van der Waals surface area contributed by atoms with E-state index in [1.807, 2.05) is 36.4 Å². The summed E-state index contributed by atoms with van der Waals surface area (Å²) in [6.45, 7) is 3.81. The molecule has 0 saturated heterocycles. The van der Waals surface area contributed by atoms with Crippen LogP contribution in [0.2, 0.25) is 0 Å². The van der Waals surface area contributed by atoms with Crippen LogP contribution in [0, 0.1) is 0 Å². The van der Waals surface area contributed by atoms with Gasteiger partial charge in [-0.2, -0.15) is 5.10 Å². The van der Waals surface area contributed by atoms with E-state index in [4.69, 9.17) is 9.47 Å². The fourth-order valence-electron chi connectivity index (χ4n) is 2.76. The lowest BCUT2D eigenvalue weighted by Crippen LogP contribution is -2.33. The number of nitrogens with one attached hydrogen (secondary N) is 1. The Morgan fingerprint density at radius 1 is 1.07 bits per heavy atom. The van der Waals surface area contributed by atoms with Crippen molar-refractivity contribution in [1.29, 1.82) is 0 Å². The van der Waals surface area contributed by atoms with Gasteiger partial charge in [0.25, 0.3) is 0 Å². The van der Waals surface area contributed by atoms with Gasteiger partial charge in [0.1, 0.15) is 6.42 Å². The number of carbonyl (C=O) groups excluding carboxylic acids is 3. The molecule has 0 bridgehead atoms. The molecule has 1 unspecified atom stereocenters. The van der Waals surface area contributed by atoms with E-state index in [0.29, 0.717) is 11.4 Å². The number of hydrogen-bond acceptors (Lipinski definition) is 6. The number of benzene rings is 1. The highest BCUT2D eigenvalue weighted by Gasteiger charge is 2.24. The first-order valence-electron chi connectivity index (χ1n) is 9.14. The Morgan fingerprint density at radius 2 is 1.71 bits per heavy atom. The number of aromatic nitrogens is 2. The van der Waals surface area contributed by atoms with Gasteiger partial charge in [0.05, 0.1) is 37.1 Å². The predicted molar refractivity (Wildman–Crippen MR) is 102 cm³/mol. The summed E-state index contributed by atoms with van der Waals surface area (Å²) in [5.41, 5.74) is 2.26. The van der Waals surface area contributed by atoms with E-state index >= 15 is 0 Å². The third-order valence-electron chi connectivity index (χ3n) is 3.96. The molecule has 2 aromatic rings. The second-order valence-electron chi connectivity index (χ2n) is 6.06. The average Bonchev–Trinajstić information content (AvgIpc) is 3.04. The van der Waals surface area contributed by atoms with Gasteiger partial charge in [-0.05, 0) is 19.9 Å². The second kappa shape index (κ2) is 10.2. The first-order valence-corrected chi connectivity index (χ1v) is 9.14. The second-order valence-corrected chi connectivity index (χ2v) is 6.06. The molecule has 0 spiro atoms. The lowest BCUT2D eigenvalue weighted by atomic mass is 10.1. The molecular weight excluding hydrogens is 362 g/mol. The van der Waals surface area contributed by atoms with Crippen LogP contribution in [0.1, 0.15) is 38.4 Å².